The van der Waals surface area contributed by atoms with E-state index in [-0.39, 0.29) is 12.6 Å². The molecule has 0 aliphatic rings. The van der Waals surface area contributed by atoms with Gasteiger partial charge in [-0.3, -0.25) is 0 Å². The smallest absolute Gasteiger partial charge is 0.211 e. The van der Waals surface area contributed by atoms with Crippen molar-refractivity contribution in [3.8, 4) is 5.75 Å². The van der Waals surface area contributed by atoms with Gasteiger partial charge in [0.25, 0.3) is 0 Å². The van der Waals surface area contributed by atoms with Gasteiger partial charge in [0, 0.05) is 11.6 Å². The minimum Gasteiger partial charge on any atom is -0.491 e. The third-order valence-corrected chi connectivity index (χ3v) is 3.14. The minimum atomic E-state index is -0.637. The van der Waals surface area contributed by atoms with Gasteiger partial charge >= 0.3 is 0 Å². The van der Waals surface area contributed by atoms with Crippen molar-refractivity contribution >= 4 is 11.6 Å². The number of ether oxygens (including phenoxy) is 1. The molecule has 6 heteroatoms. The maximum atomic E-state index is 9.91. The lowest BCUT2D eigenvalue weighted by Gasteiger charge is -2.15. The molecule has 2 atom stereocenters. The molecule has 2 N–H and O–H groups in total. The Hall–Kier alpha value is -1.56. The van der Waals surface area contributed by atoms with Crippen LogP contribution in [0.25, 0.3) is 0 Å². The van der Waals surface area contributed by atoms with Crippen LogP contribution in [-0.4, -0.2) is 29.3 Å². The SMILES string of the molecule is Cc1cnc(C(C)NCC(O)COc2cccc(Cl)c2)o1. The van der Waals surface area contributed by atoms with Crippen molar-refractivity contribution in [3.05, 3.63) is 47.1 Å². The molecule has 0 saturated carbocycles. The van der Waals surface area contributed by atoms with E-state index in [0.717, 1.165) is 5.76 Å². The van der Waals surface area contributed by atoms with Crippen LogP contribution in [0.4, 0.5) is 0 Å². The van der Waals surface area contributed by atoms with Gasteiger partial charge < -0.3 is 19.6 Å². The van der Waals surface area contributed by atoms with E-state index in [1.54, 1.807) is 30.5 Å². The highest BCUT2D eigenvalue weighted by Gasteiger charge is 2.13. The molecule has 0 saturated heterocycles. The Morgan fingerprint density at radius 2 is 2.29 bits per heavy atom. The highest BCUT2D eigenvalue weighted by atomic mass is 35.5. The van der Waals surface area contributed by atoms with Crippen LogP contribution in [0.3, 0.4) is 0 Å². The zero-order valence-corrected chi connectivity index (χ0v) is 12.8. The Bertz CT molecular complexity index is 574. The number of rotatable bonds is 7. The molecule has 21 heavy (non-hydrogen) atoms. The van der Waals surface area contributed by atoms with Crippen LogP contribution in [-0.2, 0) is 0 Å². The van der Waals surface area contributed by atoms with Crippen LogP contribution >= 0.6 is 11.6 Å². The van der Waals surface area contributed by atoms with Crippen molar-refractivity contribution in [1.29, 1.82) is 0 Å². The van der Waals surface area contributed by atoms with Gasteiger partial charge in [-0.05, 0) is 32.0 Å². The average Bonchev–Trinajstić information content (AvgIpc) is 2.89. The largest absolute Gasteiger partial charge is 0.491 e. The summed E-state index contributed by atoms with van der Waals surface area (Å²) in [4.78, 5) is 4.14. The lowest BCUT2D eigenvalue weighted by atomic mass is 10.3. The molecule has 0 aliphatic carbocycles. The molecule has 114 valence electrons. The number of aliphatic hydroxyl groups excluding tert-OH is 1. The van der Waals surface area contributed by atoms with E-state index in [1.165, 1.54) is 0 Å². The quantitative estimate of drug-likeness (QED) is 0.823. The minimum absolute atomic E-state index is 0.0699. The maximum absolute atomic E-state index is 9.91. The Morgan fingerprint density at radius 3 is 2.95 bits per heavy atom. The van der Waals surface area contributed by atoms with Crippen molar-refractivity contribution in [2.24, 2.45) is 0 Å². The van der Waals surface area contributed by atoms with E-state index in [0.29, 0.717) is 23.2 Å². The number of aryl methyl sites for hydroxylation is 1. The van der Waals surface area contributed by atoms with Gasteiger partial charge in [-0.25, -0.2) is 4.98 Å². The number of aromatic nitrogens is 1. The van der Waals surface area contributed by atoms with Crippen molar-refractivity contribution < 1.29 is 14.3 Å². The molecule has 1 aromatic carbocycles. The van der Waals surface area contributed by atoms with Gasteiger partial charge in [0.1, 0.15) is 24.2 Å². The number of aliphatic hydroxyl groups is 1. The van der Waals surface area contributed by atoms with E-state index in [9.17, 15) is 5.11 Å². The first-order valence-corrected chi connectivity index (χ1v) is 7.14. The van der Waals surface area contributed by atoms with Gasteiger partial charge in [-0.2, -0.15) is 0 Å². The Balaban J connectivity index is 1.73. The molecule has 2 rings (SSSR count). The van der Waals surface area contributed by atoms with E-state index >= 15 is 0 Å². The number of halogens is 1. The summed E-state index contributed by atoms with van der Waals surface area (Å²) in [5, 5.41) is 13.7. The predicted octanol–water partition coefficient (Wildman–Crippen LogP) is 2.73. The van der Waals surface area contributed by atoms with Gasteiger partial charge in [-0.1, -0.05) is 17.7 Å². The highest BCUT2D eigenvalue weighted by molar-refractivity contribution is 6.30. The molecular weight excluding hydrogens is 292 g/mol. The zero-order chi connectivity index (χ0) is 15.2. The van der Waals surface area contributed by atoms with Gasteiger partial charge in [0.05, 0.1) is 12.2 Å². The van der Waals surface area contributed by atoms with Gasteiger partial charge in [0.15, 0.2) is 0 Å². The van der Waals surface area contributed by atoms with E-state index in [4.69, 9.17) is 20.8 Å². The Kier molecular flexibility index (Phi) is 5.61. The summed E-state index contributed by atoms with van der Waals surface area (Å²) in [6.07, 6.45) is 1.04. The first-order valence-electron chi connectivity index (χ1n) is 6.76. The predicted molar refractivity (Wildman–Crippen MR) is 80.6 cm³/mol. The molecule has 0 spiro atoms. The standard InChI is InChI=1S/C15H19ClN2O3/c1-10-7-18-15(21-10)11(2)17-8-13(19)9-20-14-5-3-4-12(16)6-14/h3-7,11,13,17,19H,8-9H2,1-2H3. The number of nitrogens with zero attached hydrogens (tertiary/aromatic N) is 1. The molecule has 0 radical (unpaired) electrons. The molecule has 5 nitrogen and oxygen atoms in total. The average molecular weight is 311 g/mol. The first-order chi connectivity index (χ1) is 10.0. The topological polar surface area (TPSA) is 67.5 Å². The second-order valence-corrected chi connectivity index (χ2v) is 5.30. The van der Waals surface area contributed by atoms with E-state index in [1.807, 2.05) is 13.8 Å². The van der Waals surface area contributed by atoms with Crippen LogP contribution in [0.5, 0.6) is 5.75 Å². The second-order valence-electron chi connectivity index (χ2n) is 4.86. The van der Waals surface area contributed by atoms with E-state index in [2.05, 4.69) is 10.3 Å². The molecule has 0 aliphatic heterocycles. The van der Waals surface area contributed by atoms with Crippen LogP contribution in [0, 0.1) is 6.92 Å². The fourth-order valence-corrected chi connectivity index (χ4v) is 1.96. The zero-order valence-electron chi connectivity index (χ0n) is 12.0. The summed E-state index contributed by atoms with van der Waals surface area (Å²) < 4.78 is 10.9. The van der Waals surface area contributed by atoms with Crippen LogP contribution in [0.15, 0.2) is 34.9 Å². The molecule has 2 aromatic rings. The number of hydrogen-bond donors (Lipinski definition) is 2. The monoisotopic (exact) mass is 310 g/mol. The summed E-state index contributed by atoms with van der Waals surface area (Å²) in [7, 11) is 0. The molecular formula is C15H19ClN2O3. The summed E-state index contributed by atoms with van der Waals surface area (Å²) in [6.45, 7) is 4.33. The summed E-state index contributed by atoms with van der Waals surface area (Å²) in [5.41, 5.74) is 0. The lowest BCUT2D eigenvalue weighted by molar-refractivity contribution is 0.103. The number of hydrogen-bond acceptors (Lipinski definition) is 5. The molecule has 1 heterocycles. The van der Waals surface area contributed by atoms with Crippen molar-refractivity contribution in [1.82, 2.24) is 10.3 Å². The number of oxazole rings is 1. The molecule has 2 unspecified atom stereocenters. The fourth-order valence-electron chi connectivity index (χ4n) is 1.78. The van der Waals surface area contributed by atoms with Gasteiger partial charge in [0.2, 0.25) is 5.89 Å². The number of nitrogens with one attached hydrogen (secondary N) is 1. The molecule has 0 amide bonds. The normalized spacial score (nSPS) is 13.9. The Labute approximate surface area is 128 Å². The van der Waals surface area contributed by atoms with Gasteiger partial charge in [-0.15, -0.1) is 0 Å². The highest BCUT2D eigenvalue weighted by Crippen LogP contribution is 2.17. The summed E-state index contributed by atoms with van der Waals surface area (Å²) in [6, 6.07) is 7.01. The summed E-state index contributed by atoms with van der Waals surface area (Å²) in [5.74, 6) is 2.01. The maximum Gasteiger partial charge on any atom is 0.211 e. The lowest BCUT2D eigenvalue weighted by Crippen LogP contribution is -2.33. The third-order valence-electron chi connectivity index (χ3n) is 2.91. The van der Waals surface area contributed by atoms with Crippen molar-refractivity contribution in [2.75, 3.05) is 13.2 Å². The first kappa shape index (κ1) is 15.8. The van der Waals surface area contributed by atoms with Crippen LogP contribution < -0.4 is 10.1 Å². The molecule has 0 bridgehead atoms. The van der Waals surface area contributed by atoms with Crippen molar-refractivity contribution in [3.63, 3.8) is 0 Å². The molecule has 1 aromatic heterocycles. The van der Waals surface area contributed by atoms with Crippen LogP contribution in [0.2, 0.25) is 5.02 Å². The summed E-state index contributed by atoms with van der Waals surface area (Å²) >= 11 is 5.86. The van der Waals surface area contributed by atoms with Crippen molar-refractivity contribution in [2.45, 2.75) is 26.0 Å². The van der Waals surface area contributed by atoms with Crippen LogP contribution in [0.1, 0.15) is 24.6 Å². The Morgan fingerprint density at radius 1 is 1.48 bits per heavy atom. The number of benzene rings is 1. The molecule has 0 fully saturated rings. The van der Waals surface area contributed by atoms with E-state index < -0.39 is 6.10 Å². The fraction of sp³-hybridized carbons (Fsp3) is 0.400. The second kappa shape index (κ2) is 7.45. The third kappa shape index (κ3) is 5.04.